The number of aromatic nitrogens is 2. The summed E-state index contributed by atoms with van der Waals surface area (Å²) in [4.78, 5) is 32.0. The minimum Gasteiger partial charge on any atom is -0.507 e. The molecule has 7 nitrogen and oxygen atoms in total. The Morgan fingerprint density at radius 3 is 2.61 bits per heavy atom. The molecule has 1 N–H and O–H groups in total. The fraction of sp³-hybridized carbons (Fsp3) is 0.179. The van der Waals surface area contributed by atoms with Crippen LogP contribution in [0.2, 0.25) is 5.02 Å². The Balaban J connectivity index is 1.56. The third-order valence-corrected chi connectivity index (χ3v) is 6.63. The molecule has 0 radical (unpaired) electrons. The van der Waals surface area contributed by atoms with Crippen molar-refractivity contribution in [1.82, 2.24) is 14.5 Å². The van der Waals surface area contributed by atoms with E-state index in [2.05, 4.69) is 4.98 Å². The number of halogens is 1. The van der Waals surface area contributed by atoms with Gasteiger partial charge in [0.05, 0.1) is 25.1 Å². The molecule has 2 heterocycles. The zero-order valence-electron chi connectivity index (χ0n) is 19.6. The quantitative estimate of drug-likeness (QED) is 0.213. The third-order valence-electron chi connectivity index (χ3n) is 6.40. The fourth-order valence-corrected chi connectivity index (χ4v) is 4.83. The molecule has 1 atom stereocenters. The molecule has 1 fully saturated rings. The van der Waals surface area contributed by atoms with E-state index in [1.807, 2.05) is 41.1 Å². The first-order valence-electron chi connectivity index (χ1n) is 11.5. The van der Waals surface area contributed by atoms with Gasteiger partial charge in [-0.05, 0) is 53.1 Å². The molecule has 182 valence electrons. The molecule has 1 aromatic heterocycles. The average molecular weight is 502 g/mol. The lowest BCUT2D eigenvalue weighted by molar-refractivity contribution is -0.139. The highest BCUT2D eigenvalue weighted by atomic mass is 35.5. The van der Waals surface area contributed by atoms with Crippen molar-refractivity contribution in [2.45, 2.75) is 19.0 Å². The molecule has 36 heavy (non-hydrogen) atoms. The SMILES string of the molecule is COc1ccc2cc(/C(O)=C3\C(=O)C(=O)N(CCCn4ccnc4)C3c3cccc(Cl)c3)ccc2c1. The van der Waals surface area contributed by atoms with Gasteiger partial charge in [0.15, 0.2) is 0 Å². The van der Waals surface area contributed by atoms with Crippen LogP contribution in [0.25, 0.3) is 16.5 Å². The minimum absolute atomic E-state index is 0.0535. The Morgan fingerprint density at radius 2 is 1.86 bits per heavy atom. The van der Waals surface area contributed by atoms with Gasteiger partial charge >= 0.3 is 0 Å². The second kappa shape index (κ2) is 9.87. The van der Waals surface area contributed by atoms with Crippen LogP contribution < -0.4 is 4.74 Å². The second-order valence-electron chi connectivity index (χ2n) is 8.63. The second-order valence-corrected chi connectivity index (χ2v) is 9.07. The summed E-state index contributed by atoms with van der Waals surface area (Å²) in [6, 6.07) is 17.3. The van der Waals surface area contributed by atoms with Crippen LogP contribution in [0.15, 0.2) is 85.0 Å². The number of carbonyl (C=O) groups is 2. The predicted octanol–water partition coefficient (Wildman–Crippen LogP) is 5.21. The predicted molar refractivity (Wildman–Crippen MR) is 138 cm³/mol. The lowest BCUT2D eigenvalue weighted by atomic mass is 9.94. The number of rotatable bonds is 7. The zero-order valence-corrected chi connectivity index (χ0v) is 20.4. The monoisotopic (exact) mass is 501 g/mol. The van der Waals surface area contributed by atoms with Gasteiger partial charge in [-0.2, -0.15) is 0 Å². The maximum absolute atomic E-state index is 13.3. The highest BCUT2D eigenvalue weighted by molar-refractivity contribution is 6.46. The number of aliphatic hydroxyl groups excluding tert-OH is 1. The van der Waals surface area contributed by atoms with Gasteiger partial charge in [-0.3, -0.25) is 9.59 Å². The van der Waals surface area contributed by atoms with Crippen LogP contribution in [0.4, 0.5) is 0 Å². The number of aliphatic hydroxyl groups is 1. The first-order chi connectivity index (χ1) is 17.5. The molecule has 1 amide bonds. The van der Waals surface area contributed by atoms with Crippen molar-refractivity contribution in [1.29, 1.82) is 0 Å². The van der Waals surface area contributed by atoms with Crippen LogP contribution in [0.1, 0.15) is 23.6 Å². The summed E-state index contributed by atoms with van der Waals surface area (Å²) >= 11 is 6.26. The number of hydrogen-bond acceptors (Lipinski definition) is 5. The van der Waals surface area contributed by atoms with Crippen molar-refractivity contribution >= 4 is 39.8 Å². The highest BCUT2D eigenvalue weighted by Gasteiger charge is 2.45. The van der Waals surface area contributed by atoms with Gasteiger partial charge in [-0.15, -0.1) is 0 Å². The van der Waals surface area contributed by atoms with Crippen LogP contribution in [0.3, 0.4) is 0 Å². The van der Waals surface area contributed by atoms with Gasteiger partial charge in [0, 0.05) is 36.1 Å². The molecular weight excluding hydrogens is 478 g/mol. The Morgan fingerprint density at radius 1 is 1.06 bits per heavy atom. The summed E-state index contributed by atoms with van der Waals surface area (Å²) in [6.45, 7) is 0.966. The molecule has 1 saturated heterocycles. The number of nitrogens with zero attached hydrogens (tertiary/aromatic N) is 3. The first-order valence-corrected chi connectivity index (χ1v) is 11.9. The topological polar surface area (TPSA) is 84.7 Å². The first kappa shape index (κ1) is 23.6. The summed E-state index contributed by atoms with van der Waals surface area (Å²) in [5, 5.41) is 13.7. The summed E-state index contributed by atoms with van der Waals surface area (Å²) < 4.78 is 7.20. The molecule has 3 aromatic carbocycles. The van der Waals surface area contributed by atoms with Gasteiger partial charge in [-0.1, -0.05) is 41.9 Å². The number of benzene rings is 3. The molecule has 1 aliphatic rings. The molecular formula is C28H24ClN3O4. The Hall–Kier alpha value is -4.10. The number of imidazole rings is 1. The van der Waals surface area contributed by atoms with Crippen LogP contribution >= 0.6 is 11.6 Å². The van der Waals surface area contributed by atoms with Gasteiger partial charge in [0.1, 0.15) is 11.5 Å². The minimum atomic E-state index is -0.752. The van der Waals surface area contributed by atoms with Gasteiger partial charge in [0.25, 0.3) is 11.7 Å². The molecule has 0 saturated carbocycles. The van der Waals surface area contributed by atoms with E-state index in [1.54, 1.807) is 50.0 Å². The number of ether oxygens (including phenoxy) is 1. The molecule has 5 rings (SSSR count). The van der Waals surface area contributed by atoms with Crippen molar-refractivity contribution in [3.05, 3.63) is 101 Å². The Kier molecular flexibility index (Phi) is 6.48. The van der Waals surface area contributed by atoms with E-state index in [0.29, 0.717) is 35.7 Å². The van der Waals surface area contributed by atoms with Crippen LogP contribution in [-0.4, -0.2) is 44.9 Å². The molecule has 4 aromatic rings. The number of ketones is 1. The molecule has 1 unspecified atom stereocenters. The lowest BCUT2D eigenvalue weighted by Gasteiger charge is -2.25. The highest BCUT2D eigenvalue weighted by Crippen LogP contribution is 2.40. The zero-order chi connectivity index (χ0) is 25.2. The van der Waals surface area contributed by atoms with Gasteiger partial charge in [0.2, 0.25) is 0 Å². The maximum Gasteiger partial charge on any atom is 0.295 e. The number of likely N-dealkylation sites (tertiary alicyclic amines) is 1. The average Bonchev–Trinajstić information content (AvgIpc) is 3.50. The molecule has 8 heteroatoms. The summed E-state index contributed by atoms with van der Waals surface area (Å²) in [5.74, 6) is -0.845. The molecule has 1 aliphatic heterocycles. The third kappa shape index (κ3) is 4.45. The Bertz CT molecular complexity index is 1480. The molecule has 0 spiro atoms. The molecule has 0 aliphatic carbocycles. The Labute approximate surface area is 213 Å². The van der Waals surface area contributed by atoms with Crippen LogP contribution in [-0.2, 0) is 16.1 Å². The van der Waals surface area contributed by atoms with Gasteiger partial charge in [-0.25, -0.2) is 4.98 Å². The van der Waals surface area contributed by atoms with Crippen molar-refractivity contribution in [3.63, 3.8) is 0 Å². The van der Waals surface area contributed by atoms with Crippen molar-refractivity contribution < 1.29 is 19.4 Å². The van der Waals surface area contributed by atoms with Gasteiger partial charge < -0.3 is 19.3 Å². The summed E-state index contributed by atoms with van der Waals surface area (Å²) in [7, 11) is 1.60. The normalized spacial score (nSPS) is 17.2. The smallest absolute Gasteiger partial charge is 0.295 e. The summed E-state index contributed by atoms with van der Waals surface area (Å²) in [5.41, 5.74) is 1.17. The van der Waals surface area contributed by atoms with Crippen molar-refractivity contribution in [3.8, 4) is 5.75 Å². The number of fused-ring (bicyclic) bond motifs is 1. The maximum atomic E-state index is 13.3. The van der Waals surface area contributed by atoms with E-state index in [0.717, 1.165) is 16.5 Å². The number of aryl methyl sites for hydroxylation is 1. The van der Waals surface area contributed by atoms with E-state index in [1.165, 1.54) is 4.90 Å². The largest absolute Gasteiger partial charge is 0.507 e. The van der Waals surface area contributed by atoms with E-state index in [9.17, 15) is 14.7 Å². The van der Waals surface area contributed by atoms with Crippen LogP contribution in [0, 0.1) is 0 Å². The molecule has 0 bridgehead atoms. The van der Waals surface area contributed by atoms with Crippen molar-refractivity contribution in [2.24, 2.45) is 0 Å². The van der Waals surface area contributed by atoms with Crippen LogP contribution in [0.5, 0.6) is 5.75 Å². The number of hydrogen-bond donors (Lipinski definition) is 1. The number of methoxy groups -OCH3 is 1. The van der Waals surface area contributed by atoms with E-state index in [-0.39, 0.29) is 11.3 Å². The fourth-order valence-electron chi connectivity index (χ4n) is 4.63. The van der Waals surface area contributed by atoms with E-state index in [4.69, 9.17) is 16.3 Å². The number of Topliss-reactive ketones (excluding diaryl/α,β-unsaturated/α-hetero) is 1. The number of carbonyl (C=O) groups excluding carboxylic acids is 2. The summed E-state index contributed by atoms with van der Waals surface area (Å²) in [6.07, 6.45) is 5.85. The lowest BCUT2D eigenvalue weighted by Crippen LogP contribution is -2.31. The standard InChI is InChI=1S/C28H24ClN3O4/c1-36-23-9-8-18-14-21(7-6-19(18)16-23)26(33)24-25(20-4-2-5-22(29)15-20)32(28(35)27(24)34)12-3-11-31-13-10-30-17-31/h2,4-10,13-17,25,33H,3,11-12H2,1H3/b26-24+. The van der Waals surface area contributed by atoms with Crippen molar-refractivity contribution in [2.75, 3.05) is 13.7 Å². The number of amides is 1. The van der Waals surface area contributed by atoms with E-state index < -0.39 is 17.7 Å². The van der Waals surface area contributed by atoms with E-state index >= 15 is 0 Å².